The van der Waals surface area contributed by atoms with Crippen molar-refractivity contribution in [3.8, 4) is 10.6 Å². The SMILES string of the molecule is CC(O)CNC(=O)Cc1csc(-c2cccnc2)n1. The molecule has 1 unspecified atom stereocenters. The van der Waals surface area contributed by atoms with E-state index in [9.17, 15) is 4.79 Å². The Bertz CT molecular complexity index is 540. The summed E-state index contributed by atoms with van der Waals surface area (Å²) < 4.78 is 0. The van der Waals surface area contributed by atoms with Crippen LogP contribution >= 0.6 is 11.3 Å². The number of nitrogens with zero attached hydrogens (tertiary/aromatic N) is 2. The second kappa shape index (κ2) is 6.40. The minimum atomic E-state index is -0.537. The summed E-state index contributed by atoms with van der Waals surface area (Å²) in [6, 6.07) is 3.79. The molecule has 0 aliphatic heterocycles. The molecule has 5 nitrogen and oxygen atoms in total. The molecule has 2 aromatic heterocycles. The molecule has 6 heteroatoms. The van der Waals surface area contributed by atoms with E-state index in [1.54, 1.807) is 19.3 Å². The minimum Gasteiger partial charge on any atom is -0.392 e. The van der Waals surface area contributed by atoms with E-state index in [4.69, 9.17) is 5.11 Å². The van der Waals surface area contributed by atoms with Crippen molar-refractivity contribution >= 4 is 17.2 Å². The van der Waals surface area contributed by atoms with Crippen molar-refractivity contribution in [2.24, 2.45) is 0 Å². The summed E-state index contributed by atoms with van der Waals surface area (Å²) in [5.74, 6) is -0.135. The molecule has 2 aromatic rings. The molecule has 1 atom stereocenters. The Hall–Kier alpha value is -1.79. The van der Waals surface area contributed by atoms with Crippen LogP contribution in [0.3, 0.4) is 0 Å². The molecule has 2 heterocycles. The van der Waals surface area contributed by atoms with Gasteiger partial charge in [0, 0.05) is 29.9 Å². The van der Waals surface area contributed by atoms with Gasteiger partial charge >= 0.3 is 0 Å². The average molecular weight is 277 g/mol. The molecule has 0 saturated heterocycles. The first-order valence-corrected chi connectivity index (χ1v) is 6.82. The van der Waals surface area contributed by atoms with E-state index in [0.717, 1.165) is 16.3 Å². The van der Waals surface area contributed by atoms with E-state index >= 15 is 0 Å². The lowest BCUT2D eigenvalue weighted by atomic mass is 10.3. The van der Waals surface area contributed by atoms with Crippen LogP contribution in [0.15, 0.2) is 29.9 Å². The molecular formula is C13H15N3O2S. The van der Waals surface area contributed by atoms with Gasteiger partial charge in [-0.3, -0.25) is 9.78 Å². The maximum atomic E-state index is 11.6. The van der Waals surface area contributed by atoms with Crippen molar-refractivity contribution in [3.05, 3.63) is 35.6 Å². The number of amides is 1. The fourth-order valence-electron chi connectivity index (χ4n) is 1.50. The lowest BCUT2D eigenvalue weighted by Crippen LogP contribution is -2.31. The Kier molecular flexibility index (Phi) is 4.59. The van der Waals surface area contributed by atoms with Crippen molar-refractivity contribution in [1.82, 2.24) is 15.3 Å². The second-order valence-electron chi connectivity index (χ2n) is 4.22. The number of aromatic nitrogens is 2. The quantitative estimate of drug-likeness (QED) is 0.862. The summed E-state index contributed by atoms with van der Waals surface area (Å²) in [5.41, 5.74) is 1.68. The van der Waals surface area contributed by atoms with Crippen LogP contribution in [-0.4, -0.2) is 33.6 Å². The van der Waals surface area contributed by atoms with Gasteiger partial charge in [0.2, 0.25) is 5.91 Å². The molecule has 1 amide bonds. The van der Waals surface area contributed by atoms with Gasteiger partial charge in [-0.2, -0.15) is 0 Å². The summed E-state index contributed by atoms with van der Waals surface area (Å²) in [5, 5.41) is 14.4. The topological polar surface area (TPSA) is 75.1 Å². The molecule has 0 spiro atoms. The summed E-state index contributed by atoms with van der Waals surface area (Å²) in [7, 11) is 0. The molecule has 0 aliphatic carbocycles. The van der Waals surface area contributed by atoms with Crippen LogP contribution in [0.4, 0.5) is 0 Å². The first kappa shape index (κ1) is 13.6. The van der Waals surface area contributed by atoms with Crippen LogP contribution in [0.5, 0.6) is 0 Å². The molecule has 0 aliphatic rings. The summed E-state index contributed by atoms with van der Waals surface area (Å²) in [4.78, 5) is 20.0. The first-order valence-electron chi connectivity index (χ1n) is 5.94. The third kappa shape index (κ3) is 4.11. The lowest BCUT2D eigenvalue weighted by molar-refractivity contribution is -0.120. The first-order chi connectivity index (χ1) is 9.15. The van der Waals surface area contributed by atoms with Gasteiger partial charge in [0.1, 0.15) is 5.01 Å². The van der Waals surface area contributed by atoms with Crippen molar-refractivity contribution in [2.45, 2.75) is 19.4 Å². The fourth-order valence-corrected chi connectivity index (χ4v) is 2.31. The number of aliphatic hydroxyl groups is 1. The lowest BCUT2D eigenvalue weighted by Gasteiger charge is -2.05. The standard InChI is InChI=1S/C13H15N3O2S/c1-9(17)6-15-12(18)5-11-8-19-13(16-11)10-3-2-4-14-7-10/h2-4,7-9,17H,5-6H2,1H3,(H,15,18). The van der Waals surface area contributed by atoms with Gasteiger partial charge < -0.3 is 10.4 Å². The van der Waals surface area contributed by atoms with E-state index in [-0.39, 0.29) is 18.9 Å². The molecule has 0 bridgehead atoms. The van der Waals surface area contributed by atoms with Gasteiger partial charge in [-0.1, -0.05) is 0 Å². The Morgan fingerprint density at radius 3 is 3.11 bits per heavy atom. The van der Waals surface area contributed by atoms with Crippen molar-refractivity contribution in [3.63, 3.8) is 0 Å². The molecule has 2 rings (SSSR count). The summed E-state index contributed by atoms with van der Waals surface area (Å²) >= 11 is 1.49. The number of carbonyl (C=O) groups excluding carboxylic acids is 1. The highest BCUT2D eigenvalue weighted by Crippen LogP contribution is 2.22. The predicted octanol–water partition coefficient (Wildman–Crippen LogP) is 1.24. The smallest absolute Gasteiger partial charge is 0.226 e. The normalized spacial score (nSPS) is 12.1. The highest BCUT2D eigenvalue weighted by atomic mass is 32.1. The number of nitrogens with one attached hydrogen (secondary N) is 1. The van der Waals surface area contributed by atoms with E-state index in [1.165, 1.54) is 11.3 Å². The number of aliphatic hydroxyl groups excluding tert-OH is 1. The van der Waals surface area contributed by atoms with E-state index in [1.807, 2.05) is 17.5 Å². The van der Waals surface area contributed by atoms with Crippen LogP contribution in [0.1, 0.15) is 12.6 Å². The van der Waals surface area contributed by atoms with Gasteiger partial charge in [-0.05, 0) is 19.1 Å². The maximum absolute atomic E-state index is 11.6. The van der Waals surface area contributed by atoms with Crippen LogP contribution in [0.2, 0.25) is 0 Å². The van der Waals surface area contributed by atoms with E-state index < -0.39 is 6.10 Å². The van der Waals surface area contributed by atoms with Gasteiger partial charge in [0.05, 0.1) is 18.2 Å². The molecule has 100 valence electrons. The molecule has 0 aromatic carbocycles. The summed E-state index contributed by atoms with van der Waals surface area (Å²) in [6.07, 6.45) is 3.14. The van der Waals surface area contributed by atoms with Gasteiger partial charge in [0.25, 0.3) is 0 Å². The molecular weight excluding hydrogens is 262 g/mol. The predicted molar refractivity (Wildman–Crippen MR) is 73.7 cm³/mol. The number of pyridine rings is 1. The number of hydrogen-bond donors (Lipinski definition) is 2. The third-order valence-corrected chi connectivity index (χ3v) is 3.34. The van der Waals surface area contributed by atoms with Gasteiger partial charge in [-0.15, -0.1) is 11.3 Å². The van der Waals surface area contributed by atoms with Crippen LogP contribution < -0.4 is 5.32 Å². The average Bonchev–Trinajstić information content (AvgIpc) is 2.86. The Balaban J connectivity index is 1.96. The van der Waals surface area contributed by atoms with Crippen LogP contribution in [0.25, 0.3) is 10.6 Å². The van der Waals surface area contributed by atoms with Crippen molar-refractivity contribution in [2.75, 3.05) is 6.54 Å². The number of rotatable bonds is 5. The van der Waals surface area contributed by atoms with Gasteiger partial charge in [0.15, 0.2) is 0 Å². The van der Waals surface area contributed by atoms with Crippen molar-refractivity contribution < 1.29 is 9.90 Å². The third-order valence-electron chi connectivity index (χ3n) is 2.40. The highest BCUT2D eigenvalue weighted by molar-refractivity contribution is 7.13. The summed E-state index contributed by atoms with van der Waals surface area (Å²) in [6.45, 7) is 1.89. The van der Waals surface area contributed by atoms with Gasteiger partial charge in [-0.25, -0.2) is 4.98 Å². The zero-order chi connectivity index (χ0) is 13.7. The molecule has 0 saturated carbocycles. The second-order valence-corrected chi connectivity index (χ2v) is 5.07. The minimum absolute atomic E-state index is 0.135. The number of thiazole rings is 1. The Morgan fingerprint density at radius 2 is 2.42 bits per heavy atom. The van der Waals surface area contributed by atoms with E-state index in [0.29, 0.717) is 0 Å². The monoisotopic (exact) mass is 277 g/mol. The van der Waals surface area contributed by atoms with Crippen molar-refractivity contribution in [1.29, 1.82) is 0 Å². The molecule has 0 radical (unpaired) electrons. The number of hydrogen-bond acceptors (Lipinski definition) is 5. The molecule has 0 fully saturated rings. The zero-order valence-electron chi connectivity index (χ0n) is 10.5. The Labute approximate surface area is 115 Å². The van der Waals surface area contributed by atoms with Crippen LogP contribution in [-0.2, 0) is 11.2 Å². The highest BCUT2D eigenvalue weighted by Gasteiger charge is 2.09. The maximum Gasteiger partial charge on any atom is 0.226 e. The zero-order valence-corrected chi connectivity index (χ0v) is 11.4. The number of carbonyl (C=O) groups is 1. The Morgan fingerprint density at radius 1 is 1.58 bits per heavy atom. The largest absolute Gasteiger partial charge is 0.392 e. The van der Waals surface area contributed by atoms with E-state index in [2.05, 4.69) is 15.3 Å². The molecule has 2 N–H and O–H groups in total. The fraction of sp³-hybridized carbons (Fsp3) is 0.308. The van der Waals surface area contributed by atoms with Crippen LogP contribution in [0, 0.1) is 0 Å². The molecule has 19 heavy (non-hydrogen) atoms.